The molecule has 0 N–H and O–H groups in total. The number of rotatable bonds is 4. The van der Waals surface area contributed by atoms with Gasteiger partial charge in [0.2, 0.25) is 0 Å². The van der Waals surface area contributed by atoms with Crippen LogP contribution in [0.1, 0.15) is 41.6 Å². The lowest BCUT2D eigenvalue weighted by Gasteiger charge is -2.26. The van der Waals surface area contributed by atoms with Gasteiger partial charge in [-0.3, -0.25) is 9.48 Å². The van der Waals surface area contributed by atoms with Crippen LogP contribution in [0.2, 0.25) is 0 Å². The van der Waals surface area contributed by atoms with E-state index in [2.05, 4.69) is 10.1 Å². The monoisotopic (exact) mass is 473 g/mol. The summed E-state index contributed by atoms with van der Waals surface area (Å²) in [5.41, 5.74) is 3.07. The van der Waals surface area contributed by atoms with Crippen LogP contribution in [0, 0.1) is 30.0 Å². The van der Waals surface area contributed by atoms with E-state index in [9.17, 15) is 9.18 Å². The van der Waals surface area contributed by atoms with E-state index in [1.807, 2.05) is 32.2 Å². The number of allylic oxidation sites excluding steroid dienone is 1. The maximum atomic E-state index is 15.9. The molecular weight excluding hydrogens is 448 g/mol. The molecule has 1 amide bonds. The number of aliphatic imine (C=N–C) groups is 1. The number of carbonyl (C=O) groups is 1. The molecular formula is C27H25F2N5O. The number of carbonyl (C=O) groups excluding carboxylic acids is 1. The molecule has 5 rings (SSSR count). The molecule has 2 aromatic carbocycles. The zero-order valence-corrected chi connectivity index (χ0v) is 19.7. The molecule has 0 radical (unpaired) electrons. The Hall–Kier alpha value is -3.86. The Kier molecular flexibility index (Phi) is 5.93. The predicted molar refractivity (Wildman–Crippen MR) is 129 cm³/mol. The summed E-state index contributed by atoms with van der Waals surface area (Å²) in [5.74, 6) is -2.55. The fourth-order valence-corrected chi connectivity index (χ4v) is 4.88. The van der Waals surface area contributed by atoms with Crippen LogP contribution in [0.25, 0.3) is 10.9 Å². The van der Waals surface area contributed by atoms with E-state index in [4.69, 9.17) is 5.26 Å². The van der Waals surface area contributed by atoms with Crippen LogP contribution < -0.4 is 0 Å². The van der Waals surface area contributed by atoms with Gasteiger partial charge in [0.05, 0.1) is 22.7 Å². The number of halogens is 2. The van der Waals surface area contributed by atoms with Crippen LogP contribution >= 0.6 is 0 Å². The van der Waals surface area contributed by atoms with E-state index in [1.165, 1.54) is 12.1 Å². The van der Waals surface area contributed by atoms with E-state index in [1.54, 1.807) is 21.7 Å². The molecule has 3 heterocycles. The summed E-state index contributed by atoms with van der Waals surface area (Å²) in [6.07, 6.45) is 3.06. The average Bonchev–Trinajstić information content (AvgIpc) is 3.34. The van der Waals surface area contributed by atoms with Crippen molar-refractivity contribution in [1.82, 2.24) is 14.7 Å². The molecule has 3 aromatic rings. The SMILES string of the molecule is Cc1c2cc(CC3C(c4ccc(C#N)c(F)c4)=NC(C(=O)N4CCCCC4)=C3F)ccc2nn1C. The smallest absolute Gasteiger partial charge is 0.275 e. The maximum Gasteiger partial charge on any atom is 0.275 e. The van der Waals surface area contributed by atoms with Gasteiger partial charge in [-0.25, -0.2) is 13.8 Å². The number of fused-ring (bicyclic) bond motifs is 1. The number of likely N-dealkylation sites (tertiary alicyclic amines) is 1. The summed E-state index contributed by atoms with van der Waals surface area (Å²) >= 11 is 0. The molecule has 2 aliphatic rings. The summed E-state index contributed by atoms with van der Waals surface area (Å²) in [4.78, 5) is 19.2. The van der Waals surface area contributed by atoms with Gasteiger partial charge in [0.1, 0.15) is 17.7 Å². The van der Waals surface area contributed by atoms with Gasteiger partial charge in [-0.1, -0.05) is 12.1 Å². The highest BCUT2D eigenvalue weighted by molar-refractivity contribution is 6.11. The van der Waals surface area contributed by atoms with E-state index >= 15 is 4.39 Å². The van der Waals surface area contributed by atoms with Gasteiger partial charge in [0, 0.05) is 31.2 Å². The summed E-state index contributed by atoms with van der Waals surface area (Å²) in [6.45, 7) is 3.12. The van der Waals surface area contributed by atoms with E-state index < -0.39 is 23.5 Å². The van der Waals surface area contributed by atoms with Crippen molar-refractivity contribution in [3.05, 3.63) is 76.1 Å². The Morgan fingerprint density at radius 2 is 1.91 bits per heavy atom. The second-order valence-corrected chi connectivity index (χ2v) is 9.17. The fourth-order valence-electron chi connectivity index (χ4n) is 4.88. The molecule has 0 spiro atoms. The van der Waals surface area contributed by atoms with Crippen molar-refractivity contribution >= 4 is 22.5 Å². The lowest BCUT2D eigenvalue weighted by atomic mass is 9.89. The van der Waals surface area contributed by atoms with Crippen molar-refractivity contribution in [1.29, 1.82) is 5.26 Å². The molecule has 0 aliphatic carbocycles. The van der Waals surface area contributed by atoms with Gasteiger partial charge in [-0.15, -0.1) is 0 Å². The molecule has 1 aromatic heterocycles. The van der Waals surface area contributed by atoms with Gasteiger partial charge in [0.25, 0.3) is 5.91 Å². The molecule has 1 atom stereocenters. The molecule has 2 aliphatic heterocycles. The average molecular weight is 474 g/mol. The molecule has 1 unspecified atom stereocenters. The second-order valence-electron chi connectivity index (χ2n) is 9.17. The first kappa shape index (κ1) is 22.9. The lowest BCUT2D eigenvalue weighted by molar-refractivity contribution is -0.128. The summed E-state index contributed by atoms with van der Waals surface area (Å²) < 4.78 is 32.1. The standard InChI is InChI=1S/C27H25F2N5O/c1-16-20-12-17(6-9-23(20)32-33(16)2)13-21-24(29)26(27(35)34-10-4-3-5-11-34)31-25(21)18-7-8-19(15-30)22(28)14-18/h6-9,12,14,21H,3-5,10-11,13H2,1-2H3. The van der Waals surface area contributed by atoms with Crippen molar-refractivity contribution in [3.63, 3.8) is 0 Å². The highest BCUT2D eigenvalue weighted by atomic mass is 19.1. The molecule has 35 heavy (non-hydrogen) atoms. The van der Waals surface area contributed by atoms with Crippen LogP contribution in [-0.2, 0) is 18.3 Å². The van der Waals surface area contributed by atoms with Crippen LogP contribution in [0.5, 0.6) is 0 Å². The van der Waals surface area contributed by atoms with Gasteiger partial charge >= 0.3 is 0 Å². The van der Waals surface area contributed by atoms with Crippen LogP contribution in [-0.4, -0.2) is 39.4 Å². The first-order valence-corrected chi connectivity index (χ1v) is 11.8. The second kappa shape index (κ2) is 9.06. The number of hydrogen-bond donors (Lipinski definition) is 0. The number of benzene rings is 2. The Morgan fingerprint density at radius 1 is 1.14 bits per heavy atom. The third-order valence-corrected chi connectivity index (χ3v) is 6.96. The highest BCUT2D eigenvalue weighted by Crippen LogP contribution is 2.35. The highest BCUT2D eigenvalue weighted by Gasteiger charge is 2.36. The maximum absolute atomic E-state index is 15.9. The fraction of sp³-hybridized carbons (Fsp3) is 0.333. The Bertz CT molecular complexity index is 1440. The molecule has 0 saturated carbocycles. The van der Waals surface area contributed by atoms with Crippen LogP contribution in [0.3, 0.4) is 0 Å². The zero-order valence-electron chi connectivity index (χ0n) is 19.7. The van der Waals surface area contributed by atoms with Crippen LogP contribution in [0.15, 0.2) is 52.9 Å². The first-order valence-electron chi connectivity index (χ1n) is 11.8. The number of nitrogens with zero attached hydrogens (tertiary/aromatic N) is 5. The number of hydrogen-bond acceptors (Lipinski definition) is 4. The van der Waals surface area contributed by atoms with E-state index in [0.29, 0.717) is 24.4 Å². The van der Waals surface area contributed by atoms with Crippen molar-refractivity contribution in [2.45, 2.75) is 32.6 Å². The van der Waals surface area contributed by atoms with E-state index in [-0.39, 0.29) is 17.7 Å². The van der Waals surface area contributed by atoms with Gasteiger partial charge in [-0.05, 0) is 68.0 Å². The summed E-state index contributed by atoms with van der Waals surface area (Å²) in [6, 6.07) is 11.7. The van der Waals surface area contributed by atoms with E-state index in [0.717, 1.165) is 41.4 Å². The van der Waals surface area contributed by atoms with Crippen molar-refractivity contribution in [3.8, 4) is 6.07 Å². The Labute approximate surface area is 202 Å². The quantitative estimate of drug-likeness (QED) is 0.549. The number of nitriles is 1. The predicted octanol–water partition coefficient (Wildman–Crippen LogP) is 4.75. The molecule has 1 fully saturated rings. The number of piperidine rings is 1. The zero-order chi connectivity index (χ0) is 24.7. The molecule has 6 nitrogen and oxygen atoms in total. The number of amides is 1. The van der Waals surface area contributed by atoms with Crippen molar-refractivity contribution < 1.29 is 13.6 Å². The normalized spacial score (nSPS) is 18.2. The molecule has 1 saturated heterocycles. The van der Waals surface area contributed by atoms with Crippen molar-refractivity contribution in [2.75, 3.05) is 13.1 Å². The van der Waals surface area contributed by atoms with Gasteiger partial charge in [-0.2, -0.15) is 10.4 Å². The van der Waals surface area contributed by atoms with Crippen LogP contribution in [0.4, 0.5) is 8.78 Å². The lowest BCUT2D eigenvalue weighted by Crippen LogP contribution is -2.36. The third kappa shape index (κ3) is 4.12. The molecule has 8 heteroatoms. The summed E-state index contributed by atoms with van der Waals surface area (Å²) in [7, 11) is 1.87. The minimum absolute atomic E-state index is 0.0977. The molecule has 178 valence electrons. The van der Waals surface area contributed by atoms with Gasteiger partial charge in [0.15, 0.2) is 5.70 Å². The number of aromatic nitrogens is 2. The first-order chi connectivity index (χ1) is 16.9. The largest absolute Gasteiger partial charge is 0.337 e. The summed E-state index contributed by atoms with van der Waals surface area (Å²) in [5, 5.41) is 14.5. The Balaban J connectivity index is 1.55. The van der Waals surface area contributed by atoms with Gasteiger partial charge < -0.3 is 4.90 Å². The minimum atomic E-state index is -0.833. The number of aryl methyl sites for hydroxylation is 2. The third-order valence-electron chi connectivity index (χ3n) is 6.96. The Morgan fingerprint density at radius 3 is 2.63 bits per heavy atom. The molecule has 0 bridgehead atoms. The topological polar surface area (TPSA) is 74.3 Å². The minimum Gasteiger partial charge on any atom is -0.337 e. The van der Waals surface area contributed by atoms with Crippen molar-refractivity contribution in [2.24, 2.45) is 18.0 Å².